The summed E-state index contributed by atoms with van der Waals surface area (Å²) in [5, 5.41) is 21.3. The highest BCUT2D eigenvalue weighted by atomic mass is 32.2. The molecule has 1 aliphatic heterocycles. The molecule has 0 aromatic heterocycles. The van der Waals surface area contributed by atoms with Crippen LogP contribution in [0.4, 0.5) is 10.5 Å². The van der Waals surface area contributed by atoms with Crippen LogP contribution >= 0.6 is 11.8 Å². The van der Waals surface area contributed by atoms with Crippen LogP contribution in [0.2, 0.25) is 0 Å². The minimum absolute atomic E-state index is 0.0328. The molecule has 0 spiro atoms. The maximum absolute atomic E-state index is 12.1. The van der Waals surface area contributed by atoms with Gasteiger partial charge in [0.2, 0.25) is 0 Å². The fraction of sp³-hybridized carbons (Fsp3) is 0.385. The number of aliphatic hydroxyl groups excluding tert-OH is 1. The van der Waals surface area contributed by atoms with Crippen LogP contribution in [-0.4, -0.2) is 52.1 Å². The van der Waals surface area contributed by atoms with Crippen molar-refractivity contribution in [3.05, 3.63) is 24.3 Å². The molecule has 1 aromatic carbocycles. The average Bonchev–Trinajstić information content (AvgIpc) is 2.81. The Morgan fingerprint density at radius 3 is 2.85 bits per heavy atom. The average molecular weight is 296 g/mol. The summed E-state index contributed by atoms with van der Waals surface area (Å²) in [4.78, 5) is 25.3. The molecule has 0 radical (unpaired) electrons. The molecule has 0 saturated carbocycles. The predicted molar refractivity (Wildman–Crippen MR) is 76.0 cm³/mol. The number of β-amino-alcohol motifs (C(OH)–C–C–N with tert-alkyl or cyclic N) is 1. The third kappa shape index (κ3) is 3.23. The number of aliphatic hydroxyl groups is 1. The molecule has 1 saturated heterocycles. The summed E-state index contributed by atoms with van der Waals surface area (Å²) in [5.41, 5.74) is 0.604. The summed E-state index contributed by atoms with van der Waals surface area (Å²) in [6, 6.07) is 5.79. The number of nitrogens with zero attached hydrogens (tertiary/aromatic N) is 1. The Kier molecular flexibility index (Phi) is 4.51. The number of urea groups is 1. The van der Waals surface area contributed by atoms with Gasteiger partial charge in [0.15, 0.2) is 0 Å². The van der Waals surface area contributed by atoms with E-state index in [0.717, 1.165) is 9.80 Å². The van der Waals surface area contributed by atoms with E-state index in [0.29, 0.717) is 5.69 Å². The first kappa shape index (κ1) is 14.7. The smallest absolute Gasteiger partial charge is 0.326 e. The Balaban J connectivity index is 2.09. The highest BCUT2D eigenvalue weighted by Crippen LogP contribution is 2.22. The van der Waals surface area contributed by atoms with Gasteiger partial charge in [-0.25, -0.2) is 9.59 Å². The molecule has 20 heavy (non-hydrogen) atoms. The number of carboxylic acids is 1. The summed E-state index contributed by atoms with van der Waals surface area (Å²) in [5.74, 6) is -1.10. The third-order valence-corrected chi connectivity index (χ3v) is 3.87. The molecule has 1 aromatic rings. The second-order valence-corrected chi connectivity index (χ2v) is 5.44. The van der Waals surface area contributed by atoms with Crippen molar-refractivity contribution in [1.29, 1.82) is 0 Å². The number of hydrogen-bond acceptors (Lipinski definition) is 4. The molecule has 7 heteroatoms. The number of benzene rings is 1. The molecular weight excluding hydrogens is 280 g/mol. The van der Waals surface area contributed by atoms with Gasteiger partial charge < -0.3 is 20.4 Å². The van der Waals surface area contributed by atoms with Gasteiger partial charge in [-0.3, -0.25) is 0 Å². The number of aliphatic carboxylic acids is 1. The molecule has 2 atom stereocenters. The van der Waals surface area contributed by atoms with Crippen molar-refractivity contribution in [2.24, 2.45) is 0 Å². The zero-order valence-corrected chi connectivity index (χ0v) is 11.8. The molecule has 1 heterocycles. The molecule has 0 unspecified atom stereocenters. The molecule has 3 N–H and O–H groups in total. The van der Waals surface area contributed by atoms with Gasteiger partial charge in [0.25, 0.3) is 0 Å². The topological polar surface area (TPSA) is 89.9 Å². The van der Waals surface area contributed by atoms with Crippen molar-refractivity contribution in [3.63, 3.8) is 0 Å². The zero-order chi connectivity index (χ0) is 14.7. The number of amides is 2. The van der Waals surface area contributed by atoms with Crippen molar-refractivity contribution in [3.8, 4) is 0 Å². The first-order chi connectivity index (χ1) is 9.51. The van der Waals surface area contributed by atoms with Crippen molar-refractivity contribution < 1.29 is 19.8 Å². The number of anilines is 1. The molecule has 108 valence electrons. The Labute approximate surface area is 120 Å². The first-order valence-corrected chi connectivity index (χ1v) is 7.36. The summed E-state index contributed by atoms with van der Waals surface area (Å²) in [6.45, 7) is 0.0328. The van der Waals surface area contributed by atoms with Gasteiger partial charge in [0.05, 0.1) is 6.10 Å². The van der Waals surface area contributed by atoms with Crippen LogP contribution in [0.25, 0.3) is 0 Å². The lowest BCUT2D eigenvalue weighted by atomic mass is 10.2. The predicted octanol–water partition coefficient (Wildman–Crippen LogP) is 1.46. The van der Waals surface area contributed by atoms with E-state index in [1.54, 1.807) is 17.8 Å². The summed E-state index contributed by atoms with van der Waals surface area (Å²) >= 11 is 1.55. The van der Waals surface area contributed by atoms with Crippen LogP contribution in [0, 0.1) is 0 Å². The lowest BCUT2D eigenvalue weighted by molar-refractivity contribution is -0.141. The highest BCUT2D eigenvalue weighted by molar-refractivity contribution is 7.98. The van der Waals surface area contributed by atoms with E-state index in [2.05, 4.69) is 5.32 Å². The van der Waals surface area contributed by atoms with Crippen molar-refractivity contribution in [2.45, 2.75) is 23.5 Å². The summed E-state index contributed by atoms with van der Waals surface area (Å²) in [6.07, 6.45) is 1.20. The van der Waals surface area contributed by atoms with E-state index in [1.165, 1.54) is 0 Å². The normalized spacial score (nSPS) is 21.8. The largest absolute Gasteiger partial charge is 0.480 e. The molecular formula is C13H16N2O4S. The number of hydrogen-bond donors (Lipinski definition) is 3. The Hall–Kier alpha value is -1.73. The number of rotatable bonds is 3. The van der Waals surface area contributed by atoms with E-state index in [-0.39, 0.29) is 13.0 Å². The number of carbonyl (C=O) groups excluding carboxylic acids is 1. The molecule has 2 rings (SSSR count). The van der Waals surface area contributed by atoms with Gasteiger partial charge in [-0.15, -0.1) is 11.8 Å². The van der Waals surface area contributed by atoms with Crippen molar-refractivity contribution in [2.75, 3.05) is 18.1 Å². The van der Waals surface area contributed by atoms with Gasteiger partial charge in [0.1, 0.15) is 6.04 Å². The third-order valence-electron chi connectivity index (χ3n) is 3.15. The summed E-state index contributed by atoms with van der Waals surface area (Å²) < 4.78 is 0. The zero-order valence-electron chi connectivity index (χ0n) is 10.9. The van der Waals surface area contributed by atoms with E-state index >= 15 is 0 Å². The molecule has 1 fully saturated rings. The maximum Gasteiger partial charge on any atom is 0.326 e. The Morgan fingerprint density at radius 1 is 1.45 bits per heavy atom. The SMILES string of the molecule is CSc1cccc(NC(=O)N2C[C@@H](O)C[C@H]2C(=O)O)c1. The van der Waals surface area contributed by atoms with Crippen LogP contribution in [0.5, 0.6) is 0 Å². The number of carboxylic acid groups (broad SMARTS) is 1. The van der Waals surface area contributed by atoms with Crippen LogP contribution < -0.4 is 5.32 Å². The second-order valence-electron chi connectivity index (χ2n) is 4.56. The molecule has 1 aliphatic rings. The van der Waals surface area contributed by atoms with Crippen LogP contribution in [0.15, 0.2) is 29.2 Å². The summed E-state index contributed by atoms with van der Waals surface area (Å²) in [7, 11) is 0. The molecule has 0 bridgehead atoms. The molecule has 0 aliphatic carbocycles. The van der Waals surface area contributed by atoms with Gasteiger partial charge >= 0.3 is 12.0 Å². The fourth-order valence-electron chi connectivity index (χ4n) is 2.17. The van der Waals surface area contributed by atoms with Crippen LogP contribution in [0.3, 0.4) is 0 Å². The fourth-order valence-corrected chi connectivity index (χ4v) is 2.63. The first-order valence-electron chi connectivity index (χ1n) is 6.14. The number of nitrogens with one attached hydrogen (secondary N) is 1. The van der Waals surface area contributed by atoms with E-state index in [9.17, 15) is 14.7 Å². The van der Waals surface area contributed by atoms with Gasteiger partial charge in [-0.2, -0.15) is 0 Å². The van der Waals surface area contributed by atoms with Gasteiger partial charge in [0, 0.05) is 23.5 Å². The van der Waals surface area contributed by atoms with Crippen LogP contribution in [0.1, 0.15) is 6.42 Å². The monoisotopic (exact) mass is 296 g/mol. The molecule has 2 amide bonds. The minimum Gasteiger partial charge on any atom is -0.480 e. The van der Waals surface area contributed by atoms with E-state index in [4.69, 9.17) is 5.11 Å². The van der Waals surface area contributed by atoms with Gasteiger partial charge in [-0.1, -0.05) is 6.07 Å². The van der Waals surface area contributed by atoms with Gasteiger partial charge in [-0.05, 0) is 24.5 Å². The van der Waals surface area contributed by atoms with Crippen molar-refractivity contribution >= 4 is 29.4 Å². The van der Waals surface area contributed by atoms with Crippen molar-refractivity contribution in [1.82, 2.24) is 4.90 Å². The number of thioether (sulfide) groups is 1. The lowest BCUT2D eigenvalue weighted by Crippen LogP contribution is -2.43. The number of carbonyl (C=O) groups is 2. The second kappa shape index (κ2) is 6.15. The number of likely N-dealkylation sites (tertiary alicyclic amines) is 1. The highest BCUT2D eigenvalue weighted by Gasteiger charge is 2.38. The Bertz CT molecular complexity index is 523. The molecule has 6 nitrogen and oxygen atoms in total. The lowest BCUT2D eigenvalue weighted by Gasteiger charge is -2.21. The van der Waals surface area contributed by atoms with E-state index < -0.39 is 24.1 Å². The van der Waals surface area contributed by atoms with E-state index in [1.807, 2.05) is 24.5 Å². The standard InChI is InChI=1S/C13H16N2O4S/c1-20-10-4-2-3-8(5-10)14-13(19)15-7-9(16)6-11(15)12(17)18/h2-5,9,11,16H,6-7H2,1H3,(H,14,19)(H,17,18)/t9-,11-/m0/s1. The maximum atomic E-state index is 12.1. The quantitative estimate of drug-likeness (QED) is 0.735. The Morgan fingerprint density at radius 2 is 2.20 bits per heavy atom. The minimum atomic E-state index is -1.10. The van der Waals surface area contributed by atoms with Crippen LogP contribution in [-0.2, 0) is 4.79 Å².